The Hall–Kier alpha value is -3.86. The Morgan fingerprint density at radius 1 is 1.03 bits per heavy atom. The molecule has 200 valence electrons. The Bertz CT molecular complexity index is 1670. The number of benzene rings is 3. The number of hydrogen-bond acceptors (Lipinski definition) is 3. The Balaban J connectivity index is 1.32. The molecule has 0 bridgehead atoms. The highest BCUT2D eigenvalue weighted by molar-refractivity contribution is 7.89. The number of aromatic carboxylic acids is 1. The third-order valence-electron chi connectivity index (χ3n) is 7.49. The Morgan fingerprint density at radius 2 is 1.77 bits per heavy atom. The van der Waals surface area contributed by atoms with Crippen molar-refractivity contribution in [3.8, 4) is 23.0 Å². The minimum Gasteiger partial charge on any atom is -0.478 e. The number of aromatic amines is 1. The Morgan fingerprint density at radius 3 is 2.46 bits per heavy atom. The van der Waals surface area contributed by atoms with Gasteiger partial charge in [0.2, 0.25) is 10.0 Å². The fourth-order valence-corrected chi connectivity index (χ4v) is 6.53. The van der Waals surface area contributed by atoms with Crippen LogP contribution in [0.5, 0.6) is 0 Å². The minimum absolute atomic E-state index is 0.218. The van der Waals surface area contributed by atoms with E-state index in [0.29, 0.717) is 30.1 Å². The lowest BCUT2D eigenvalue weighted by Gasteiger charge is -2.32. The molecule has 6 nitrogen and oxygen atoms in total. The number of nitrogens with one attached hydrogen (secondary N) is 1. The molecule has 0 aliphatic carbocycles. The van der Waals surface area contributed by atoms with Gasteiger partial charge in [0.25, 0.3) is 0 Å². The number of H-pyrrole nitrogens is 1. The van der Waals surface area contributed by atoms with Crippen LogP contribution in [0, 0.1) is 17.8 Å². The number of aromatic nitrogens is 1. The summed E-state index contributed by atoms with van der Waals surface area (Å²) in [4.78, 5) is 15.2. The molecule has 0 radical (unpaired) electrons. The molecule has 1 aromatic heterocycles. The van der Waals surface area contributed by atoms with Crippen molar-refractivity contribution in [3.63, 3.8) is 0 Å². The first kappa shape index (κ1) is 26.7. The van der Waals surface area contributed by atoms with Gasteiger partial charge in [-0.25, -0.2) is 17.5 Å². The lowest BCUT2D eigenvalue weighted by molar-refractivity contribution is 0.0697. The van der Waals surface area contributed by atoms with Gasteiger partial charge in [-0.15, -0.1) is 0 Å². The van der Waals surface area contributed by atoms with Crippen LogP contribution in [-0.4, -0.2) is 47.1 Å². The molecule has 3 aromatic carbocycles. The van der Waals surface area contributed by atoms with E-state index in [1.807, 2.05) is 48.7 Å². The number of hydrogen-bond donors (Lipinski definition) is 2. The van der Waals surface area contributed by atoms with Crippen LogP contribution in [-0.2, 0) is 16.4 Å². The van der Waals surface area contributed by atoms with E-state index < -0.39 is 16.0 Å². The molecular weight excluding hydrogens is 508 g/mol. The summed E-state index contributed by atoms with van der Waals surface area (Å²) in [7, 11) is -3.18. The normalized spacial score (nSPS) is 14.8. The highest BCUT2D eigenvalue weighted by atomic mass is 32.2. The minimum atomic E-state index is -3.18. The van der Waals surface area contributed by atoms with Crippen LogP contribution in [0.25, 0.3) is 22.0 Å². The fraction of sp³-hybridized carbons (Fsp3) is 0.281. The lowest BCUT2D eigenvalue weighted by Crippen LogP contribution is -2.42. The summed E-state index contributed by atoms with van der Waals surface area (Å²) in [6.45, 7) is 4.64. The number of carboxylic acids is 1. The van der Waals surface area contributed by atoms with Crippen molar-refractivity contribution in [2.24, 2.45) is 5.92 Å². The van der Waals surface area contributed by atoms with Gasteiger partial charge >= 0.3 is 5.97 Å². The molecule has 7 heteroatoms. The molecule has 5 rings (SSSR count). The van der Waals surface area contributed by atoms with Crippen LogP contribution in [0.15, 0.2) is 72.9 Å². The number of nitrogens with zero attached hydrogens (tertiary/aromatic N) is 1. The number of carboxylic acid groups (broad SMARTS) is 1. The van der Waals surface area contributed by atoms with Crippen LogP contribution in [0.2, 0.25) is 0 Å². The number of piperidine rings is 1. The molecule has 2 heterocycles. The van der Waals surface area contributed by atoms with Crippen LogP contribution >= 0.6 is 0 Å². The van der Waals surface area contributed by atoms with E-state index in [9.17, 15) is 18.3 Å². The van der Waals surface area contributed by atoms with Crippen molar-refractivity contribution in [1.82, 2.24) is 9.29 Å². The summed E-state index contributed by atoms with van der Waals surface area (Å²) in [6, 6.07) is 21.2. The highest BCUT2D eigenvalue weighted by Crippen LogP contribution is 2.30. The number of fused-ring (bicyclic) bond motifs is 1. The summed E-state index contributed by atoms with van der Waals surface area (Å²) in [5, 5.41) is 10.5. The first-order valence-electron chi connectivity index (χ1n) is 13.3. The van der Waals surface area contributed by atoms with Gasteiger partial charge in [-0.2, -0.15) is 0 Å². The van der Waals surface area contributed by atoms with E-state index >= 15 is 0 Å². The van der Waals surface area contributed by atoms with Gasteiger partial charge < -0.3 is 10.1 Å². The maximum absolute atomic E-state index is 12.4. The lowest BCUT2D eigenvalue weighted by atomic mass is 9.90. The Kier molecular flexibility index (Phi) is 7.60. The number of sulfonamides is 1. The summed E-state index contributed by atoms with van der Waals surface area (Å²) in [6.07, 6.45) is 4.51. The quantitative estimate of drug-likeness (QED) is 0.297. The van der Waals surface area contributed by atoms with Gasteiger partial charge in [0.15, 0.2) is 0 Å². The zero-order valence-electron chi connectivity index (χ0n) is 22.1. The number of carbonyl (C=O) groups is 1. The topological polar surface area (TPSA) is 90.5 Å². The SMILES string of the molecule is CC(C)S(=O)(=O)N1CCC(Cc2ccc(C#Cc3cccc(C(=O)O)c3-c3ccc4cc[nH]c4c3)cc2)CC1. The predicted octanol–water partition coefficient (Wildman–Crippen LogP) is 5.93. The van der Waals surface area contributed by atoms with Gasteiger partial charge in [0.05, 0.1) is 10.8 Å². The zero-order chi connectivity index (χ0) is 27.6. The standard InChI is InChI=1S/C32H32N2O4S/c1-22(2)39(37,38)34-18-15-25(16-19-34)20-24-8-6-23(7-9-24)10-11-27-4-3-5-29(32(35)36)31(27)28-13-12-26-14-17-33-30(26)21-28/h3-9,12-14,17,21-22,25,33H,15-16,18-20H2,1-2H3,(H,35,36). The Labute approximate surface area is 229 Å². The van der Waals surface area contributed by atoms with Crippen molar-refractivity contribution < 1.29 is 18.3 Å². The number of rotatable bonds is 6. The summed E-state index contributed by atoms with van der Waals surface area (Å²) >= 11 is 0. The molecule has 1 fully saturated rings. The second-order valence-corrected chi connectivity index (χ2v) is 12.9. The molecule has 0 saturated carbocycles. The molecular formula is C32H32N2O4S. The summed E-state index contributed by atoms with van der Waals surface area (Å²) in [5.74, 6) is 5.89. The average Bonchev–Trinajstić information content (AvgIpc) is 3.41. The third kappa shape index (κ3) is 5.78. The zero-order valence-corrected chi connectivity index (χ0v) is 23.0. The smallest absolute Gasteiger partial charge is 0.336 e. The van der Waals surface area contributed by atoms with Gasteiger partial charge in [0, 0.05) is 41.5 Å². The first-order chi connectivity index (χ1) is 18.7. The molecule has 1 aliphatic heterocycles. The molecule has 2 N–H and O–H groups in total. The molecule has 0 spiro atoms. The van der Waals surface area contributed by atoms with E-state index in [1.54, 1.807) is 30.3 Å². The fourth-order valence-electron chi connectivity index (χ4n) is 5.21. The molecule has 39 heavy (non-hydrogen) atoms. The van der Waals surface area contributed by atoms with E-state index in [-0.39, 0.29) is 10.8 Å². The van der Waals surface area contributed by atoms with Crippen LogP contribution in [0.3, 0.4) is 0 Å². The molecule has 0 atom stereocenters. The first-order valence-corrected chi connectivity index (χ1v) is 14.8. The van der Waals surface area contributed by atoms with E-state index in [4.69, 9.17) is 0 Å². The van der Waals surface area contributed by atoms with Gasteiger partial charge in [-0.05, 0) is 91.9 Å². The highest BCUT2D eigenvalue weighted by Gasteiger charge is 2.30. The van der Waals surface area contributed by atoms with Crippen molar-refractivity contribution in [1.29, 1.82) is 0 Å². The van der Waals surface area contributed by atoms with E-state index in [2.05, 4.69) is 29.0 Å². The second kappa shape index (κ2) is 11.1. The predicted molar refractivity (Wildman–Crippen MR) is 155 cm³/mol. The van der Waals surface area contributed by atoms with Crippen molar-refractivity contribution in [3.05, 3.63) is 95.2 Å². The molecule has 1 aliphatic rings. The summed E-state index contributed by atoms with van der Waals surface area (Å²) in [5.41, 5.74) is 5.28. The average molecular weight is 541 g/mol. The van der Waals surface area contributed by atoms with E-state index in [1.165, 1.54) is 5.56 Å². The maximum atomic E-state index is 12.4. The van der Waals surface area contributed by atoms with Gasteiger partial charge in [-0.1, -0.05) is 42.2 Å². The van der Waals surface area contributed by atoms with Crippen molar-refractivity contribution in [2.75, 3.05) is 13.1 Å². The maximum Gasteiger partial charge on any atom is 0.336 e. The second-order valence-electron chi connectivity index (χ2n) is 10.4. The largest absolute Gasteiger partial charge is 0.478 e. The van der Waals surface area contributed by atoms with Crippen LogP contribution in [0.4, 0.5) is 0 Å². The molecule has 0 unspecified atom stereocenters. The molecule has 0 amide bonds. The third-order valence-corrected chi connectivity index (χ3v) is 9.76. The van der Waals surface area contributed by atoms with E-state index in [0.717, 1.165) is 41.3 Å². The van der Waals surface area contributed by atoms with Crippen LogP contribution in [0.1, 0.15) is 53.7 Å². The summed E-state index contributed by atoms with van der Waals surface area (Å²) < 4.78 is 26.5. The van der Waals surface area contributed by atoms with Gasteiger partial charge in [0.1, 0.15) is 0 Å². The van der Waals surface area contributed by atoms with Crippen LogP contribution < -0.4 is 0 Å². The van der Waals surface area contributed by atoms with Gasteiger partial charge in [-0.3, -0.25) is 0 Å². The molecule has 4 aromatic rings. The molecule has 1 saturated heterocycles. The van der Waals surface area contributed by atoms with Crippen molar-refractivity contribution >= 4 is 26.9 Å². The van der Waals surface area contributed by atoms with Crippen molar-refractivity contribution in [2.45, 2.75) is 38.4 Å². The monoisotopic (exact) mass is 540 g/mol.